The number of nitrogens with two attached hydrogens (primary N) is 1. The highest BCUT2D eigenvalue weighted by Crippen LogP contribution is 2.32. The molecular weight excluding hydrogens is 316 g/mol. The molecule has 0 bridgehead atoms. The number of hydrogen-bond donors (Lipinski definition) is 3. The number of carbonyl (C=O) groups excluding carboxylic acids is 2. The number of nitrogens with one attached hydrogen (secondary N) is 2. The number of fused-ring (bicyclic) bond motifs is 1. The molecule has 1 aliphatic rings. The molecule has 6 heteroatoms. The molecule has 1 unspecified atom stereocenters. The predicted octanol–water partition coefficient (Wildman–Crippen LogP) is 2.47. The van der Waals surface area contributed by atoms with Crippen LogP contribution in [0.1, 0.15) is 34.5 Å². The maximum absolute atomic E-state index is 12.0. The number of hydrogen-bond acceptors (Lipinski definition) is 3. The second-order valence-corrected chi connectivity index (χ2v) is 6.61. The topological polar surface area (TPSA) is 91.2 Å². The highest BCUT2D eigenvalue weighted by molar-refractivity contribution is 6.09. The third-order valence-electron chi connectivity index (χ3n) is 4.94. The van der Waals surface area contributed by atoms with E-state index in [-0.39, 0.29) is 11.9 Å². The lowest BCUT2D eigenvalue weighted by atomic mass is 10.0. The molecule has 1 saturated heterocycles. The number of likely N-dealkylation sites (tertiary alicyclic amines) is 1. The van der Waals surface area contributed by atoms with E-state index in [2.05, 4.69) is 16.9 Å². The van der Waals surface area contributed by atoms with Gasteiger partial charge in [0.25, 0.3) is 5.91 Å². The van der Waals surface area contributed by atoms with Gasteiger partial charge in [0.1, 0.15) is 0 Å². The number of aromatic amines is 1. The summed E-state index contributed by atoms with van der Waals surface area (Å²) in [5.74, 6) is -0.331. The summed E-state index contributed by atoms with van der Waals surface area (Å²) in [4.78, 5) is 28.8. The Morgan fingerprint density at radius 3 is 2.88 bits per heavy atom. The number of nitrogens with zero attached hydrogens (tertiary/aromatic N) is 1. The minimum absolute atomic E-state index is 0.113. The van der Waals surface area contributed by atoms with E-state index in [0.717, 1.165) is 40.8 Å². The van der Waals surface area contributed by atoms with E-state index < -0.39 is 5.91 Å². The van der Waals surface area contributed by atoms with Crippen molar-refractivity contribution in [3.8, 4) is 0 Å². The molecular formula is C19H24N4O2. The van der Waals surface area contributed by atoms with Crippen LogP contribution in [-0.4, -0.2) is 40.8 Å². The van der Waals surface area contributed by atoms with E-state index in [1.165, 1.54) is 0 Å². The molecule has 1 atom stereocenters. The summed E-state index contributed by atoms with van der Waals surface area (Å²) in [6, 6.07) is 3.83. The minimum Gasteiger partial charge on any atom is -0.380 e. The summed E-state index contributed by atoms with van der Waals surface area (Å²) >= 11 is 0. The van der Waals surface area contributed by atoms with Gasteiger partial charge in [0, 0.05) is 42.3 Å². The highest BCUT2D eigenvalue weighted by Gasteiger charge is 2.26. The van der Waals surface area contributed by atoms with Crippen molar-refractivity contribution in [2.24, 2.45) is 5.73 Å². The third kappa shape index (κ3) is 3.12. The van der Waals surface area contributed by atoms with Crippen molar-refractivity contribution in [2.75, 3.05) is 18.4 Å². The van der Waals surface area contributed by atoms with Crippen molar-refractivity contribution in [1.29, 1.82) is 0 Å². The van der Waals surface area contributed by atoms with Gasteiger partial charge in [-0.1, -0.05) is 6.08 Å². The van der Waals surface area contributed by atoms with Crippen LogP contribution in [-0.2, 0) is 4.79 Å². The van der Waals surface area contributed by atoms with Crippen LogP contribution in [0.15, 0.2) is 24.8 Å². The normalized spacial score (nSPS) is 17.0. The fourth-order valence-electron chi connectivity index (χ4n) is 3.49. The number of aryl methyl sites for hydroxylation is 2. The van der Waals surface area contributed by atoms with E-state index in [0.29, 0.717) is 18.5 Å². The molecule has 0 spiro atoms. The maximum Gasteiger partial charge on any atom is 0.250 e. The molecule has 1 aromatic heterocycles. The molecule has 0 aliphatic carbocycles. The van der Waals surface area contributed by atoms with Crippen molar-refractivity contribution in [1.82, 2.24) is 9.88 Å². The first-order chi connectivity index (χ1) is 11.9. The van der Waals surface area contributed by atoms with E-state index in [9.17, 15) is 9.59 Å². The molecule has 0 radical (unpaired) electrons. The zero-order chi connectivity index (χ0) is 18.1. The Balaban J connectivity index is 1.88. The lowest BCUT2D eigenvalue weighted by Crippen LogP contribution is -2.31. The molecule has 6 nitrogen and oxygen atoms in total. The van der Waals surface area contributed by atoms with Gasteiger partial charge in [-0.15, -0.1) is 6.58 Å². The first kappa shape index (κ1) is 17.1. The largest absolute Gasteiger partial charge is 0.380 e. The van der Waals surface area contributed by atoms with Gasteiger partial charge in [-0.05, 0) is 38.0 Å². The first-order valence-electron chi connectivity index (χ1n) is 8.49. The maximum atomic E-state index is 12.0. The van der Waals surface area contributed by atoms with Crippen LogP contribution in [0.5, 0.6) is 0 Å². The van der Waals surface area contributed by atoms with Gasteiger partial charge in [-0.2, -0.15) is 0 Å². The van der Waals surface area contributed by atoms with Crippen LogP contribution >= 0.6 is 0 Å². The van der Waals surface area contributed by atoms with E-state index in [4.69, 9.17) is 5.73 Å². The summed E-state index contributed by atoms with van der Waals surface area (Å²) in [6.45, 7) is 9.05. The molecule has 132 valence electrons. The van der Waals surface area contributed by atoms with Gasteiger partial charge < -0.3 is 20.9 Å². The van der Waals surface area contributed by atoms with Gasteiger partial charge in [-0.25, -0.2) is 0 Å². The summed E-state index contributed by atoms with van der Waals surface area (Å²) < 4.78 is 0. The van der Waals surface area contributed by atoms with Gasteiger partial charge in [0.05, 0.1) is 11.1 Å². The summed E-state index contributed by atoms with van der Waals surface area (Å²) in [6.07, 6.45) is 2.91. The molecule has 0 saturated carbocycles. The molecule has 2 amide bonds. The SMILES string of the molecule is C=CCC(=O)N1CCC(Nc2ccc(C(N)=O)c3[nH]c(C)c(C)c23)C1. The monoisotopic (exact) mass is 340 g/mol. The number of H-pyrrole nitrogens is 1. The van der Waals surface area contributed by atoms with Crippen molar-refractivity contribution >= 4 is 28.4 Å². The Bertz CT molecular complexity index is 853. The number of aromatic nitrogens is 1. The quantitative estimate of drug-likeness (QED) is 0.730. The summed E-state index contributed by atoms with van der Waals surface area (Å²) in [7, 11) is 0. The molecule has 3 rings (SSSR count). The van der Waals surface area contributed by atoms with Crippen LogP contribution in [0, 0.1) is 13.8 Å². The Hall–Kier alpha value is -2.76. The number of amides is 2. The predicted molar refractivity (Wildman–Crippen MR) is 99.7 cm³/mol. The number of primary amides is 1. The standard InChI is InChI=1S/C19H24N4O2/c1-4-5-16(24)23-9-8-13(10-23)22-15-7-6-14(19(20)25)18-17(15)11(2)12(3)21-18/h4,6-7,13,21-22H,1,5,8-10H2,2-3H3,(H2,20,25). The average Bonchev–Trinajstić information content (AvgIpc) is 3.13. The number of rotatable bonds is 5. The second kappa shape index (κ2) is 6.63. The fourth-order valence-corrected chi connectivity index (χ4v) is 3.49. The van der Waals surface area contributed by atoms with E-state index in [1.807, 2.05) is 24.8 Å². The lowest BCUT2D eigenvalue weighted by molar-refractivity contribution is -0.129. The zero-order valence-electron chi connectivity index (χ0n) is 14.7. The fraction of sp³-hybridized carbons (Fsp3) is 0.368. The van der Waals surface area contributed by atoms with Gasteiger partial charge in [-0.3, -0.25) is 9.59 Å². The smallest absolute Gasteiger partial charge is 0.250 e. The molecule has 2 heterocycles. The third-order valence-corrected chi connectivity index (χ3v) is 4.94. The van der Waals surface area contributed by atoms with Gasteiger partial charge in [0.15, 0.2) is 0 Å². The van der Waals surface area contributed by atoms with Crippen molar-refractivity contribution in [3.05, 3.63) is 41.6 Å². The Morgan fingerprint density at radius 2 is 2.20 bits per heavy atom. The van der Waals surface area contributed by atoms with Crippen LogP contribution in [0.2, 0.25) is 0 Å². The van der Waals surface area contributed by atoms with Crippen molar-refractivity contribution in [3.63, 3.8) is 0 Å². The van der Waals surface area contributed by atoms with Crippen molar-refractivity contribution < 1.29 is 9.59 Å². The molecule has 2 aromatic rings. The first-order valence-corrected chi connectivity index (χ1v) is 8.49. The highest BCUT2D eigenvalue weighted by atomic mass is 16.2. The number of carbonyl (C=O) groups is 2. The Morgan fingerprint density at radius 1 is 1.44 bits per heavy atom. The Kier molecular flexibility index (Phi) is 4.53. The molecule has 1 aliphatic heterocycles. The molecule has 25 heavy (non-hydrogen) atoms. The zero-order valence-corrected chi connectivity index (χ0v) is 14.7. The number of anilines is 1. The summed E-state index contributed by atoms with van der Waals surface area (Å²) in [5, 5.41) is 4.53. The van der Waals surface area contributed by atoms with Gasteiger partial charge >= 0.3 is 0 Å². The minimum atomic E-state index is -0.445. The van der Waals surface area contributed by atoms with Crippen LogP contribution in [0.3, 0.4) is 0 Å². The lowest BCUT2D eigenvalue weighted by Gasteiger charge is -2.18. The van der Waals surface area contributed by atoms with E-state index >= 15 is 0 Å². The van der Waals surface area contributed by atoms with Crippen molar-refractivity contribution in [2.45, 2.75) is 32.7 Å². The molecule has 1 aromatic carbocycles. The molecule has 4 N–H and O–H groups in total. The second-order valence-electron chi connectivity index (χ2n) is 6.61. The number of benzene rings is 1. The summed E-state index contributed by atoms with van der Waals surface area (Å²) in [5.41, 5.74) is 9.83. The van der Waals surface area contributed by atoms with Crippen LogP contribution in [0.4, 0.5) is 5.69 Å². The van der Waals surface area contributed by atoms with Crippen LogP contribution in [0.25, 0.3) is 10.9 Å². The van der Waals surface area contributed by atoms with Gasteiger partial charge in [0.2, 0.25) is 5.91 Å². The van der Waals surface area contributed by atoms with Crippen LogP contribution < -0.4 is 11.1 Å². The Labute approximate surface area is 147 Å². The van der Waals surface area contributed by atoms with E-state index in [1.54, 1.807) is 12.1 Å². The molecule has 1 fully saturated rings. The average molecular weight is 340 g/mol.